The van der Waals surface area contributed by atoms with Crippen molar-refractivity contribution in [3.05, 3.63) is 65.1 Å². The van der Waals surface area contributed by atoms with E-state index in [1.807, 2.05) is 6.07 Å². The lowest BCUT2D eigenvalue weighted by atomic mass is 10.0. The Morgan fingerprint density at radius 2 is 1.96 bits per heavy atom. The largest absolute Gasteiger partial charge is 0.467 e. The van der Waals surface area contributed by atoms with Crippen molar-refractivity contribution < 1.29 is 22.4 Å². The summed E-state index contributed by atoms with van der Waals surface area (Å²) in [6, 6.07) is 10.1. The molecule has 0 atom stereocenters. The molecular formula is C18H14ClF3N2O2. The van der Waals surface area contributed by atoms with E-state index in [2.05, 4.69) is 0 Å². The van der Waals surface area contributed by atoms with Crippen molar-refractivity contribution in [1.82, 2.24) is 4.90 Å². The summed E-state index contributed by atoms with van der Waals surface area (Å²) in [5.74, 6) is -0.455. The van der Waals surface area contributed by atoms with Crippen LogP contribution >= 0.6 is 11.6 Å². The highest BCUT2D eigenvalue weighted by Gasteiger charge is 2.35. The summed E-state index contributed by atoms with van der Waals surface area (Å²) in [5, 5.41) is 9.01. The Kier molecular flexibility index (Phi) is 6.47. The first-order valence-corrected chi connectivity index (χ1v) is 7.92. The van der Waals surface area contributed by atoms with E-state index in [4.69, 9.17) is 21.3 Å². The van der Waals surface area contributed by atoms with Gasteiger partial charge in [0.15, 0.2) is 0 Å². The third-order valence-electron chi connectivity index (χ3n) is 3.46. The molecule has 0 fully saturated rings. The van der Waals surface area contributed by atoms with Crippen LogP contribution in [0.4, 0.5) is 13.2 Å². The van der Waals surface area contributed by atoms with Crippen molar-refractivity contribution in [2.75, 3.05) is 6.54 Å². The molecule has 0 radical (unpaired) electrons. The van der Waals surface area contributed by atoms with Crippen LogP contribution < -0.4 is 0 Å². The fourth-order valence-electron chi connectivity index (χ4n) is 2.22. The summed E-state index contributed by atoms with van der Waals surface area (Å²) in [6.07, 6.45) is -2.81. The molecule has 0 unspecified atom stereocenters. The van der Waals surface area contributed by atoms with Crippen molar-refractivity contribution in [3.8, 4) is 6.07 Å². The average Bonchev–Trinajstić information content (AvgIpc) is 3.09. The van der Waals surface area contributed by atoms with Crippen molar-refractivity contribution >= 4 is 23.1 Å². The molecule has 1 aromatic carbocycles. The number of furan rings is 1. The summed E-state index contributed by atoms with van der Waals surface area (Å²) in [5.41, 5.74) is -1.26. The SMILES string of the molecule is N#CCCN(Cc1ccco1)C(=O)C=C(c1ccc(Cl)cc1)C(F)(F)F. The number of hydrogen-bond donors (Lipinski definition) is 0. The van der Waals surface area contributed by atoms with Gasteiger partial charge in [-0.15, -0.1) is 0 Å². The maximum absolute atomic E-state index is 13.4. The van der Waals surface area contributed by atoms with Gasteiger partial charge in [0.2, 0.25) is 5.91 Å². The Labute approximate surface area is 153 Å². The third kappa shape index (κ3) is 5.39. The lowest BCUT2D eigenvalue weighted by Gasteiger charge is -2.20. The molecule has 1 amide bonds. The number of nitrogens with zero attached hydrogens (tertiary/aromatic N) is 2. The molecule has 1 heterocycles. The highest BCUT2D eigenvalue weighted by molar-refractivity contribution is 6.30. The molecule has 0 N–H and O–H groups in total. The molecule has 4 nitrogen and oxygen atoms in total. The fraction of sp³-hybridized carbons (Fsp3) is 0.222. The van der Waals surface area contributed by atoms with Gasteiger partial charge in [-0.05, 0) is 29.8 Å². The number of hydrogen-bond acceptors (Lipinski definition) is 3. The van der Waals surface area contributed by atoms with Gasteiger partial charge in [-0.3, -0.25) is 4.79 Å². The lowest BCUT2D eigenvalue weighted by Crippen LogP contribution is -2.30. The van der Waals surface area contributed by atoms with Crippen LogP contribution in [-0.4, -0.2) is 23.5 Å². The Bertz CT molecular complexity index is 806. The minimum Gasteiger partial charge on any atom is -0.467 e. The first-order chi connectivity index (χ1) is 12.3. The summed E-state index contributed by atoms with van der Waals surface area (Å²) in [7, 11) is 0. The number of alkyl halides is 3. The number of halogens is 4. The summed E-state index contributed by atoms with van der Waals surface area (Å²) >= 11 is 5.71. The predicted octanol–water partition coefficient (Wildman–Crippen LogP) is 4.82. The maximum Gasteiger partial charge on any atom is 0.417 e. The first-order valence-electron chi connectivity index (χ1n) is 7.54. The Morgan fingerprint density at radius 1 is 1.27 bits per heavy atom. The standard InChI is InChI=1S/C18H14ClF3N2O2/c19-14-6-4-13(5-7-14)16(18(20,21)22)11-17(25)24(9-2-8-23)12-15-3-1-10-26-15/h1,3-7,10-11H,2,9,12H2. The van der Waals surface area contributed by atoms with E-state index < -0.39 is 17.7 Å². The zero-order chi connectivity index (χ0) is 19.2. The minimum absolute atomic E-state index is 0.0113. The normalized spacial score (nSPS) is 11.9. The van der Waals surface area contributed by atoms with Gasteiger partial charge in [0.05, 0.1) is 30.9 Å². The zero-order valence-electron chi connectivity index (χ0n) is 13.5. The van der Waals surface area contributed by atoms with Gasteiger partial charge in [-0.1, -0.05) is 23.7 Å². The molecule has 0 saturated carbocycles. The average molecular weight is 383 g/mol. The molecule has 0 aliphatic rings. The fourth-order valence-corrected chi connectivity index (χ4v) is 2.34. The van der Waals surface area contributed by atoms with E-state index in [0.717, 1.165) is 4.90 Å². The van der Waals surface area contributed by atoms with E-state index in [0.29, 0.717) is 11.8 Å². The van der Waals surface area contributed by atoms with Crippen LogP contribution in [0.2, 0.25) is 5.02 Å². The molecular weight excluding hydrogens is 369 g/mol. The molecule has 0 saturated heterocycles. The Balaban J connectivity index is 2.33. The van der Waals surface area contributed by atoms with Gasteiger partial charge >= 0.3 is 6.18 Å². The second-order valence-corrected chi connectivity index (χ2v) is 5.75. The van der Waals surface area contributed by atoms with E-state index in [9.17, 15) is 18.0 Å². The molecule has 2 rings (SSSR count). The quantitative estimate of drug-likeness (QED) is 0.673. The number of carbonyl (C=O) groups excluding carboxylic acids is 1. The summed E-state index contributed by atoms with van der Waals surface area (Å²) in [6.45, 7) is -0.0476. The molecule has 0 aliphatic heterocycles. The van der Waals surface area contributed by atoms with Crippen molar-refractivity contribution in [2.24, 2.45) is 0 Å². The molecule has 26 heavy (non-hydrogen) atoms. The molecule has 136 valence electrons. The smallest absolute Gasteiger partial charge is 0.417 e. The van der Waals surface area contributed by atoms with Crippen LogP contribution in [-0.2, 0) is 11.3 Å². The van der Waals surface area contributed by atoms with Crippen LogP contribution in [0.25, 0.3) is 5.57 Å². The van der Waals surface area contributed by atoms with E-state index in [-0.39, 0.29) is 30.1 Å². The second-order valence-electron chi connectivity index (χ2n) is 5.31. The van der Waals surface area contributed by atoms with E-state index in [1.165, 1.54) is 30.5 Å². The van der Waals surface area contributed by atoms with Crippen molar-refractivity contribution in [2.45, 2.75) is 19.1 Å². The first kappa shape index (κ1) is 19.6. The number of nitriles is 1. The molecule has 8 heteroatoms. The lowest BCUT2D eigenvalue weighted by molar-refractivity contribution is -0.127. The van der Waals surface area contributed by atoms with Gasteiger partial charge in [-0.2, -0.15) is 18.4 Å². The summed E-state index contributed by atoms with van der Waals surface area (Å²) in [4.78, 5) is 13.6. The van der Waals surface area contributed by atoms with Crippen molar-refractivity contribution in [1.29, 1.82) is 5.26 Å². The monoisotopic (exact) mass is 382 g/mol. The number of benzene rings is 1. The highest BCUT2D eigenvalue weighted by atomic mass is 35.5. The Morgan fingerprint density at radius 3 is 2.50 bits per heavy atom. The van der Waals surface area contributed by atoms with Gasteiger partial charge in [0, 0.05) is 17.6 Å². The minimum atomic E-state index is -4.73. The molecule has 2 aromatic rings. The number of carbonyl (C=O) groups is 1. The van der Waals surface area contributed by atoms with Crippen LogP contribution in [0.5, 0.6) is 0 Å². The Hall–Kier alpha value is -2.72. The highest BCUT2D eigenvalue weighted by Crippen LogP contribution is 2.34. The number of allylic oxidation sites excluding steroid dienone is 1. The van der Waals surface area contributed by atoms with Gasteiger partial charge < -0.3 is 9.32 Å². The van der Waals surface area contributed by atoms with Gasteiger partial charge in [0.1, 0.15) is 5.76 Å². The maximum atomic E-state index is 13.4. The van der Waals surface area contributed by atoms with Gasteiger partial charge in [0.25, 0.3) is 0 Å². The van der Waals surface area contributed by atoms with Crippen LogP contribution in [0.3, 0.4) is 0 Å². The second kappa shape index (κ2) is 8.59. The van der Waals surface area contributed by atoms with Crippen molar-refractivity contribution in [3.63, 3.8) is 0 Å². The topological polar surface area (TPSA) is 57.2 Å². The summed E-state index contributed by atoms with van der Waals surface area (Å²) < 4.78 is 45.4. The molecule has 0 bridgehead atoms. The predicted molar refractivity (Wildman–Crippen MR) is 89.8 cm³/mol. The van der Waals surface area contributed by atoms with Crippen LogP contribution in [0, 0.1) is 11.3 Å². The zero-order valence-corrected chi connectivity index (χ0v) is 14.2. The number of amides is 1. The third-order valence-corrected chi connectivity index (χ3v) is 3.71. The molecule has 0 aliphatic carbocycles. The molecule has 0 spiro atoms. The van der Waals surface area contributed by atoms with E-state index >= 15 is 0 Å². The van der Waals surface area contributed by atoms with Crippen LogP contribution in [0.1, 0.15) is 17.7 Å². The van der Waals surface area contributed by atoms with Crippen LogP contribution in [0.15, 0.2) is 53.2 Å². The van der Waals surface area contributed by atoms with E-state index in [1.54, 1.807) is 12.1 Å². The van der Waals surface area contributed by atoms with Gasteiger partial charge in [-0.25, -0.2) is 0 Å². The molecule has 1 aromatic heterocycles. The number of rotatable bonds is 6.